The molecule has 0 aliphatic carbocycles. The van der Waals surface area contributed by atoms with Gasteiger partial charge in [-0.2, -0.15) is 0 Å². The van der Waals surface area contributed by atoms with Crippen molar-refractivity contribution >= 4 is 17.4 Å². The average Bonchev–Trinajstić information content (AvgIpc) is 3.05. The summed E-state index contributed by atoms with van der Waals surface area (Å²) < 4.78 is 18.5. The molecule has 0 radical (unpaired) electrons. The fraction of sp³-hybridized carbons (Fsp3) is 0.0833. The number of ketones is 1. The molecular weight excluding hydrogens is 385 g/mol. The van der Waals surface area contributed by atoms with E-state index in [0.29, 0.717) is 22.6 Å². The van der Waals surface area contributed by atoms with Crippen LogP contribution < -0.4 is 9.64 Å². The normalized spacial score (nSPS) is 16.1. The van der Waals surface area contributed by atoms with Crippen LogP contribution in [0.5, 0.6) is 5.75 Å². The van der Waals surface area contributed by atoms with Gasteiger partial charge in [0.2, 0.25) is 0 Å². The predicted octanol–water partition coefficient (Wildman–Crippen LogP) is 4.62. The van der Waals surface area contributed by atoms with Gasteiger partial charge < -0.3 is 9.84 Å². The highest BCUT2D eigenvalue weighted by Gasteiger charge is 2.44. The number of aliphatic hydroxyl groups is 1. The zero-order valence-electron chi connectivity index (χ0n) is 16.1. The van der Waals surface area contributed by atoms with Crippen LogP contribution >= 0.6 is 0 Å². The molecular formula is C24H18FNO4. The molecule has 1 N–H and O–H groups in total. The topological polar surface area (TPSA) is 66.8 Å². The molecule has 1 heterocycles. The summed E-state index contributed by atoms with van der Waals surface area (Å²) in [6.45, 7) is 0. The quantitative estimate of drug-likeness (QED) is 0.632. The van der Waals surface area contributed by atoms with Crippen LogP contribution in [-0.4, -0.2) is 23.9 Å². The van der Waals surface area contributed by atoms with Gasteiger partial charge in [0.05, 0.1) is 18.7 Å². The molecule has 1 unspecified atom stereocenters. The van der Waals surface area contributed by atoms with Crippen LogP contribution in [0.2, 0.25) is 0 Å². The summed E-state index contributed by atoms with van der Waals surface area (Å²) in [7, 11) is 1.52. The lowest BCUT2D eigenvalue weighted by Crippen LogP contribution is -2.31. The average molecular weight is 403 g/mol. The summed E-state index contributed by atoms with van der Waals surface area (Å²) in [4.78, 5) is 27.6. The molecule has 3 aromatic rings. The van der Waals surface area contributed by atoms with Crippen molar-refractivity contribution in [1.29, 1.82) is 0 Å². The molecule has 6 heteroatoms. The number of Topliss-reactive ketones (excluding diaryl/α,β-unsaturated/α-hetero) is 1. The molecule has 1 atom stereocenters. The second-order valence-corrected chi connectivity index (χ2v) is 6.78. The second kappa shape index (κ2) is 7.83. The van der Waals surface area contributed by atoms with E-state index in [1.807, 2.05) is 6.07 Å². The van der Waals surface area contributed by atoms with E-state index in [0.717, 1.165) is 0 Å². The Morgan fingerprint density at radius 2 is 1.60 bits per heavy atom. The molecule has 0 saturated heterocycles. The van der Waals surface area contributed by atoms with Crippen LogP contribution in [-0.2, 0) is 4.79 Å². The molecule has 5 nitrogen and oxygen atoms in total. The van der Waals surface area contributed by atoms with E-state index in [4.69, 9.17) is 4.74 Å². The smallest absolute Gasteiger partial charge is 0.294 e. The van der Waals surface area contributed by atoms with E-state index < -0.39 is 29.3 Å². The molecule has 3 aromatic carbocycles. The number of hydrogen-bond donors (Lipinski definition) is 1. The maximum Gasteiger partial charge on any atom is 0.294 e. The summed E-state index contributed by atoms with van der Waals surface area (Å²) in [5, 5.41) is 10.7. The number of anilines is 1. The summed E-state index contributed by atoms with van der Waals surface area (Å²) in [6, 6.07) is 19.8. The number of rotatable bonds is 5. The van der Waals surface area contributed by atoms with Crippen LogP contribution in [0.1, 0.15) is 22.0 Å². The summed E-state index contributed by atoms with van der Waals surface area (Å²) in [6.07, 6.45) is 0. The van der Waals surface area contributed by atoms with E-state index in [1.165, 1.54) is 36.3 Å². The summed E-state index contributed by atoms with van der Waals surface area (Å²) >= 11 is 0. The maximum absolute atomic E-state index is 13.4. The molecule has 150 valence electrons. The SMILES string of the molecule is COc1ccc(C(=O)C2=C(O)C(=O)N(c3ccc(F)cc3)C2c2ccccc2)cc1. The fourth-order valence-corrected chi connectivity index (χ4v) is 3.55. The van der Waals surface area contributed by atoms with E-state index in [2.05, 4.69) is 0 Å². The van der Waals surface area contributed by atoms with Gasteiger partial charge in [0.1, 0.15) is 11.6 Å². The molecule has 4 rings (SSSR count). The second-order valence-electron chi connectivity index (χ2n) is 6.78. The first kappa shape index (κ1) is 19.4. The number of nitrogens with zero attached hydrogens (tertiary/aromatic N) is 1. The van der Waals surface area contributed by atoms with Gasteiger partial charge in [0.25, 0.3) is 5.91 Å². The number of carbonyl (C=O) groups excluding carboxylic acids is 2. The van der Waals surface area contributed by atoms with Gasteiger partial charge in [-0.3, -0.25) is 14.5 Å². The first-order valence-corrected chi connectivity index (χ1v) is 9.27. The van der Waals surface area contributed by atoms with Gasteiger partial charge in [-0.25, -0.2) is 4.39 Å². The molecule has 0 spiro atoms. The van der Waals surface area contributed by atoms with E-state index in [-0.39, 0.29) is 5.57 Å². The van der Waals surface area contributed by atoms with Gasteiger partial charge in [0.15, 0.2) is 11.5 Å². The standard InChI is InChI=1S/C24H18FNO4/c1-30-19-13-7-16(8-14-19)22(27)20-21(15-5-3-2-4-6-15)26(24(29)23(20)28)18-11-9-17(25)10-12-18/h2-14,21,28H,1H3. The molecule has 1 amide bonds. The number of halogens is 1. The highest BCUT2D eigenvalue weighted by atomic mass is 19.1. The Labute approximate surface area is 172 Å². The van der Waals surface area contributed by atoms with Gasteiger partial charge >= 0.3 is 0 Å². The van der Waals surface area contributed by atoms with Crippen molar-refractivity contribution in [3.05, 3.63) is 107 Å². The highest BCUT2D eigenvalue weighted by molar-refractivity contribution is 6.20. The Kier molecular flexibility index (Phi) is 5.06. The zero-order chi connectivity index (χ0) is 21.3. The molecule has 1 aliphatic rings. The van der Waals surface area contributed by atoms with Gasteiger partial charge in [-0.05, 0) is 54.1 Å². The summed E-state index contributed by atoms with van der Waals surface area (Å²) in [5.74, 6) is -1.67. The molecule has 0 aromatic heterocycles. The number of methoxy groups -OCH3 is 1. The molecule has 0 bridgehead atoms. The molecule has 0 fully saturated rings. The lowest BCUT2D eigenvalue weighted by atomic mass is 9.92. The molecule has 0 saturated carbocycles. The number of hydrogen-bond acceptors (Lipinski definition) is 4. The molecule has 1 aliphatic heterocycles. The van der Waals surface area contributed by atoms with E-state index in [1.54, 1.807) is 48.5 Å². The Morgan fingerprint density at radius 1 is 0.967 bits per heavy atom. The van der Waals surface area contributed by atoms with Crippen molar-refractivity contribution in [3.63, 3.8) is 0 Å². The van der Waals surface area contributed by atoms with Crippen LogP contribution in [0.3, 0.4) is 0 Å². The highest BCUT2D eigenvalue weighted by Crippen LogP contribution is 2.41. The predicted molar refractivity (Wildman–Crippen MR) is 110 cm³/mol. The Balaban J connectivity index is 1.83. The van der Waals surface area contributed by atoms with Crippen molar-refractivity contribution < 1.29 is 23.8 Å². The third-order valence-electron chi connectivity index (χ3n) is 5.03. The van der Waals surface area contributed by atoms with Gasteiger partial charge in [-0.1, -0.05) is 30.3 Å². The zero-order valence-corrected chi connectivity index (χ0v) is 16.1. The lowest BCUT2D eigenvalue weighted by Gasteiger charge is -2.27. The monoisotopic (exact) mass is 403 g/mol. The number of amides is 1. The summed E-state index contributed by atoms with van der Waals surface area (Å²) in [5.41, 5.74) is 1.31. The number of benzene rings is 3. The minimum Gasteiger partial charge on any atom is -0.503 e. The third kappa shape index (κ3) is 3.33. The number of carbonyl (C=O) groups is 2. The Bertz CT molecular complexity index is 1120. The van der Waals surface area contributed by atoms with Gasteiger partial charge in [-0.15, -0.1) is 0 Å². The largest absolute Gasteiger partial charge is 0.503 e. The van der Waals surface area contributed by atoms with Crippen LogP contribution in [0.25, 0.3) is 0 Å². The van der Waals surface area contributed by atoms with Crippen LogP contribution in [0, 0.1) is 5.82 Å². The van der Waals surface area contributed by atoms with Gasteiger partial charge in [0, 0.05) is 11.3 Å². The Hall–Kier alpha value is -3.93. The Morgan fingerprint density at radius 3 is 2.20 bits per heavy atom. The number of aliphatic hydroxyl groups excluding tert-OH is 1. The number of ether oxygens (including phenoxy) is 1. The first-order chi connectivity index (χ1) is 14.5. The van der Waals surface area contributed by atoms with Crippen molar-refractivity contribution in [1.82, 2.24) is 0 Å². The maximum atomic E-state index is 13.4. The minimum atomic E-state index is -0.848. The van der Waals surface area contributed by atoms with Crippen molar-refractivity contribution in [2.75, 3.05) is 12.0 Å². The van der Waals surface area contributed by atoms with Crippen molar-refractivity contribution in [3.8, 4) is 5.75 Å². The van der Waals surface area contributed by atoms with Crippen LogP contribution in [0.15, 0.2) is 90.2 Å². The molecule has 30 heavy (non-hydrogen) atoms. The van der Waals surface area contributed by atoms with Crippen molar-refractivity contribution in [2.45, 2.75) is 6.04 Å². The third-order valence-corrected chi connectivity index (χ3v) is 5.03. The van der Waals surface area contributed by atoms with Crippen molar-refractivity contribution in [2.24, 2.45) is 0 Å². The van der Waals surface area contributed by atoms with E-state index >= 15 is 0 Å². The van der Waals surface area contributed by atoms with Crippen LogP contribution in [0.4, 0.5) is 10.1 Å². The van der Waals surface area contributed by atoms with E-state index in [9.17, 15) is 19.1 Å². The first-order valence-electron chi connectivity index (χ1n) is 9.27. The minimum absolute atomic E-state index is 0.0271. The lowest BCUT2D eigenvalue weighted by molar-refractivity contribution is -0.117. The fourth-order valence-electron chi connectivity index (χ4n) is 3.55.